The minimum absolute atomic E-state index is 0. The van der Waals surface area contributed by atoms with Crippen molar-refractivity contribution in [1.29, 1.82) is 0 Å². The summed E-state index contributed by atoms with van der Waals surface area (Å²) in [5, 5.41) is 2.34. The highest BCUT2D eigenvalue weighted by molar-refractivity contribution is 7.09. The fourth-order valence-corrected chi connectivity index (χ4v) is 3.21. The molecule has 150 valence electrons. The summed E-state index contributed by atoms with van der Waals surface area (Å²) in [6.07, 6.45) is -4.39. The molecule has 1 aromatic carbocycles. The number of thiazole rings is 1. The Morgan fingerprint density at radius 3 is 2.37 bits per heavy atom. The van der Waals surface area contributed by atoms with Gasteiger partial charge < -0.3 is 15.4 Å². The van der Waals surface area contributed by atoms with E-state index in [9.17, 15) is 18.0 Å². The van der Waals surface area contributed by atoms with E-state index in [1.165, 1.54) is 16.2 Å². The summed E-state index contributed by atoms with van der Waals surface area (Å²) in [5.41, 5.74) is 7.80. The molecule has 27 heavy (non-hydrogen) atoms. The number of aromatic nitrogens is 1. The molecule has 0 atom stereocenters. The Balaban J connectivity index is 0.00000364. The number of halogens is 4. The molecule has 1 aromatic heterocycles. The fourth-order valence-electron chi connectivity index (χ4n) is 2.56. The Bertz CT molecular complexity index is 773. The summed E-state index contributed by atoms with van der Waals surface area (Å²) in [5.74, 6) is -0.0270. The Morgan fingerprint density at radius 2 is 1.89 bits per heavy atom. The van der Waals surface area contributed by atoms with Crippen molar-refractivity contribution < 1.29 is 22.7 Å². The third kappa shape index (κ3) is 6.37. The minimum atomic E-state index is -4.39. The molecule has 1 heterocycles. The van der Waals surface area contributed by atoms with Crippen LogP contribution in [0.15, 0.2) is 17.5 Å². The van der Waals surface area contributed by atoms with Gasteiger partial charge in [-0.15, -0.1) is 23.7 Å². The van der Waals surface area contributed by atoms with Crippen molar-refractivity contribution in [1.82, 2.24) is 9.88 Å². The van der Waals surface area contributed by atoms with Crippen molar-refractivity contribution in [2.45, 2.75) is 33.1 Å². The summed E-state index contributed by atoms with van der Waals surface area (Å²) in [7, 11) is 1.64. The van der Waals surface area contributed by atoms with Gasteiger partial charge in [-0.05, 0) is 30.5 Å². The maximum absolute atomic E-state index is 12.4. The van der Waals surface area contributed by atoms with Gasteiger partial charge in [-0.2, -0.15) is 13.2 Å². The van der Waals surface area contributed by atoms with Gasteiger partial charge >= 0.3 is 6.18 Å². The Morgan fingerprint density at radius 1 is 1.30 bits per heavy atom. The zero-order valence-electron chi connectivity index (χ0n) is 15.1. The molecule has 0 fully saturated rings. The maximum Gasteiger partial charge on any atom is 0.422 e. The van der Waals surface area contributed by atoms with E-state index in [0.29, 0.717) is 28.4 Å². The molecule has 2 N–H and O–H groups in total. The number of aryl methyl sites for hydroxylation is 2. The van der Waals surface area contributed by atoms with Gasteiger partial charge in [0.25, 0.3) is 5.91 Å². The fraction of sp³-hybridized carbons (Fsp3) is 0.412. The van der Waals surface area contributed by atoms with Gasteiger partial charge in [-0.3, -0.25) is 4.79 Å². The highest BCUT2D eigenvalue weighted by Crippen LogP contribution is 2.27. The molecular weight excluding hydrogens is 403 g/mol. The van der Waals surface area contributed by atoms with E-state index in [1.54, 1.807) is 38.4 Å². The first-order valence-corrected chi connectivity index (χ1v) is 8.68. The lowest BCUT2D eigenvalue weighted by molar-refractivity contribution is -0.153. The quantitative estimate of drug-likeness (QED) is 0.766. The van der Waals surface area contributed by atoms with Crippen LogP contribution in [0.2, 0.25) is 0 Å². The number of benzene rings is 1. The van der Waals surface area contributed by atoms with Crippen molar-refractivity contribution in [3.05, 3.63) is 44.9 Å². The van der Waals surface area contributed by atoms with Crippen LogP contribution in [0.5, 0.6) is 5.75 Å². The Labute approximate surface area is 165 Å². The van der Waals surface area contributed by atoms with Gasteiger partial charge in [-0.25, -0.2) is 4.98 Å². The topological polar surface area (TPSA) is 68.5 Å². The third-order valence-corrected chi connectivity index (χ3v) is 4.48. The lowest BCUT2D eigenvalue weighted by atomic mass is 10.1. The average molecular weight is 424 g/mol. The molecule has 0 spiro atoms. The van der Waals surface area contributed by atoms with Crippen LogP contribution in [-0.4, -0.2) is 35.6 Å². The summed E-state index contributed by atoms with van der Waals surface area (Å²) >= 11 is 1.32. The van der Waals surface area contributed by atoms with Crippen LogP contribution in [0.25, 0.3) is 0 Å². The summed E-state index contributed by atoms with van der Waals surface area (Å²) in [6, 6.07) is 3.43. The van der Waals surface area contributed by atoms with Crippen molar-refractivity contribution in [3.63, 3.8) is 0 Å². The molecule has 0 saturated carbocycles. The first-order valence-electron chi connectivity index (χ1n) is 7.80. The molecule has 0 aliphatic rings. The van der Waals surface area contributed by atoms with E-state index < -0.39 is 12.8 Å². The molecule has 0 bridgehead atoms. The van der Waals surface area contributed by atoms with E-state index in [1.807, 2.05) is 0 Å². The zero-order chi connectivity index (χ0) is 19.5. The standard InChI is InChI=1S/C17H20F3N3O2S.ClH/c1-10-4-12(5-11(2)15(10)25-9-17(18,19)20)7-23(3)16(24)13-8-26-14(6-21)22-13;/h4-5,8H,6-7,9,21H2,1-3H3;1H. The van der Waals surface area contributed by atoms with Crippen LogP contribution in [-0.2, 0) is 13.1 Å². The summed E-state index contributed by atoms with van der Waals surface area (Å²) in [4.78, 5) is 18.1. The van der Waals surface area contributed by atoms with Gasteiger partial charge in [-0.1, -0.05) is 12.1 Å². The van der Waals surface area contributed by atoms with Crippen molar-refractivity contribution in [2.75, 3.05) is 13.7 Å². The lowest BCUT2D eigenvalue weighted by Gasteiger charge is -2.19. The number of ether oxygens (including phenoxy) is 1. The molecule has 5 nitrogen and oxygen atoms in total. The molecule has 2 aromatic rings. The first kappa shape index (κ1) is 23.2. The molecule has 0 radical (unpaired) electrons. The van der Waals surface area contributed by atoms with E-state index in [0.717, 1.165) is 5.56 Å². The molecule has 0 unspecified atom stereocenters. The minimum Gasteiger partial charge on any atom is -0.484 e. The predicted octanol–water partition coefficient (Wildman–Crippen LogP) is 3.85. The maximum atomic E-state index is 12.4. The van der Waals surface area contributed by atoms with Crippen LogP contribution < -0.4 is 10.5 Å². The second-order valence-corrected chi connectivity index (χ2v) is 6.90. The monoisotopic (exact) mass is 423 g/mol. The van der Waals surface area contributed by atoms with Crippen molar-refractivity contribution in [3.8, 4) is 5.75 Å². The SMILES string of the molecule is Cc1cc(CN(C)C(=O)c2csc(CN)n2)cc(C)c1OCC(F)(F)F.Cl. The second-order valence-electron chi connectivity index (χ2n) is 5.95. The number of nitrogens with two attached hydrogens (primary N) is 1. The molecule has 1 amide bonds. The number of hydrogen-bond acceptors (Lipinski definition) is 5. The van der Waals surface area contributed by atoms with Gasteiger partial charge in [0.2, 0.25) is 0 Å². The van der Waals surface area contributed by atoms with Crippen LogP contribution in [0.4, 0.5) is 13.2 Å². The molecule has 0 aliphatic carbocycles. The average Bonchev–Trinajstić information content (AvgIpc) is 3.01. The van der Waals surface area contributed by atoms with Gasteiger partial charge in [0.1, 0.15) is 16.5 Å². The normalized spacial score (nSPS) is 11.1. The molecule has 2 rings (SSSR count). The highest BCUT2D eigenvalue weighted by atomic mass is 35.5. The zero-order valence-corrected chi connectivity index (χ0v) is 16.7. The van der Waals surface area contributed by atoms with E-state index in [4.69, 9.17) is 10.5 Å². The largest absolute Gasteiger partial charge is 0.484 e. The Hall–Kier alpha value is -1.84. The number of alkyl halides is 3. The summed E-state index contributed by atoms with van der Waals surface area (Å²) < 4.78 is 42.0. The van der Waals surface area contributed by atoms with Crippen LogP contribution in [0.3, 0.4) is 0 Å². The summed E-state index contributed by atoms with van der Waals surface area (Å²) in [6.45, 7) is 2.60. The second kappa shape index (κ2) is 9.38. The smallest absolute Gasteiger partial charge is 0.422 e. The van der Waals surface area contributed by atoms with Crippen LogP contribution >= 0.6 is 23.7 Å². The molecule has 10 heteroatoms. The highest BCUT2D eigenvalue weighted by Gasteiger charge is 2.29. The van der Waals surface area contributed by atoms with Crippen molar-refractivity contribution in [2.24, 2.45) is 5.73 Å². The van der Waals surface area contributed by atoms with Gasteiger partial charge in [0.05, 0.1) is 0 Å². The number of carbonyl (C=O) groups is 1. The number of amides is 1. The number of rotatable bonds is 6. The Kier molecular flexibility index (Phi) is 8.06. The third-order valence-electron chi connectivity index (χ3n) is 3.61. The van der Waals surface area contributed by atoms with Crippen LogP contribution in [0, 0.1) is 13.8 Å². The molecule has 0 saturated heterocycles. The van der Waals surface area contributed by atoms with Gasteiger partial charge in [0.15, 0.2) is 6.61 Å². The van der Waals surface area contributed by atoms with Crippen LogP contribution in [0.1, 0.15) is 32.2 Å². The lowest BCUT2D eigenvalue weighted by Crippen LogP contribution is -2.26. The van der Waals surface area contributed by atoms with Crippen molar-refractivity contribution >= 4 is 29.7 Å². The van der Waals surface area contributed by atoms with E-state index in [2.05, 4.69) is 4.98 Å². The molecule has 0 aliphatic heterocycles. The number of nitrogens with zero attached hydrogens (tertiary/aromatic N) is 2. The first-order chi connectivity index (χ1) is 12.1. The number of carbonyl (C=O) groups excluding carboxylic acids is 1. The van der Waals surface area contributed by atoms with E-state index in [-0.39, 0.29) is 30.6 Å². The number of hydrogen-bond donors (Lipinski definition) is 1. The van der Waals surface area contributed by atoms with E-state index >= 15 is 0 Å². The molecular formula is C17H21ClF3N3O2S. The van der Waals surface area contributed by atoms with Gasteiger partial charge in [0, 0.05) is 25.5 Å². The predicted molar refractivity (Wildman–Crippen MR) is 101 cm³/mol.